The van der Waals surface area contributed by atoms with Crippen LogP contribution in [0.25, 0.3) is 22.3 Å². The molecule has 1 nitrogen and oxygen atoms in total. The highest BCUT2D eigenvalue weighted by molar-refractivity contribution is 5.74. The minimum absolute atomic E-state index is 0.442. The summed E-state index contributed by atoms with van der Waals surface area (Å²) in [6, 6.07) is 16.6. The lowest BCUT2D eigenvalue weighted by Crippen LogP contribution is -1.96. The molecule has 3 aromatic carbocycles. The van der Waals surface area contributed by atoms with Crippen LogP contribution in [0.4, 0.5) is 14.5 Å². The first-order chi connectivity index (χ1) is 11.0. The van der Waals surface area contributed by atoms with Gasteiger partial charge < -0.3 is 5.73 Å². The van der Waals surface area contributed by atoms with Crippen LogP contribution in [0.3, 0.4) is 0 Å². The van der Waals surface area contributed by atoms with Gasteiger partial charge in [-0.05, 0) is 53.8 Å². The van der Waals surface area contributed by atoms with E-state index in [9.17, 15) is 8.78 Å². The number of anilines is 1. The third kappa shape index (κ3) is 2.95. The lowest BCUT2D eigenvalue weighted by atomic mass is 9.95. The van der Waals surface area contributed by atoms with Crippen molar-refractivity contribution in [3.05, 3.63) is 77.4 Å². The second kappa shape index (κ2) is 5.84. The zero-order chi connectivity index (χ0) is 16.6. The molecular formula is C20H17F2N. The summed E-state index contributed by atoms with van der Waals surface area (Å²) in [6.45, 7) is 3.97. The molecule has 0 radical (unpaired) electrons. The molecule has 0 aromatic heterocycles. The van der Waals surface area contributed by atoms with Gasteiger partial charge in [0.2, 0.25) is 0 Å². The SMILES string of the molecule is Cc1ccc(-c2ccc(-c3cc(F)c(N)c(F)c3)c(C)c2)cc1. The highest BCUT2D eigenvalue weighted by Gasteiger charge is 2.11. The fraction of sp³-hybridized carbons (Fsp3) is 0.100. The third-order valence-electron chi connectivity index (χ3n) is 4.00. The maximum absolute atomic E-state index is 13.7. The van der Waals surface area contributed by atoms with Crippen molar-refractivity contribution in [1.29, 1.82) is 0 Å². The molecule has 0 spiro atoms. The fourth-order valence-corrected chi connectivity index (χ4v) is 2.65. The van der Waals surface area contributed by atoms with Gasteiger partial charge in [0.05, 0.1) is 0 Å². The Morgan fingerprint density at radius 1 is 0.696 bits per heavy atom. The minimum atomic E-state index is -0.734. The molecule has 0 unspecified atom stereocenters. The van der Waals surface area contributed by atoms with Crippen LogP contribution in [0.15, 0.2) is 54.6 Å². The van der Waals surface area contributed by atoms with E-state index in [4.69, 9.17) is 5.73 Å². The van der Waals surface area contributed by atoms with Crippen molar-refractivity contribution in [3.8, 4) is 22.3 Å². The summed E-state index contributed by atoms with van der Waals surface area (Å²) in [5.74, 6) is -1.47. The molecule has 0 saturated carbocycles. The van der Waals surface area contributed by atoms with Gasteiger partial charge >= 0.3 is 0 Å². The Morgan fingerprint density at radius 2 is 1.26 bits per heavy atom. The zero-order valence-corrected chi connectivity index (χ0v) is 13.0. The number of aryl methyl sites for hydroxylation is 2. The molecule has 0 bridgehead atoms. The van der Waals surface area contributed by atoms with Gasteiger partial charge in [-0.25, -0.2) is 8.78 Å². The molecule has 0 heterocycles. The second-order valence-electron chi connectivity index (χ2n) is 5.75. The molecule has 0 amide bonds. The van der Waals surface area contributed by atoms with Crippen LogP contribution in [0.2, 0.25) is 0 Å². The summed E-state index contributed by atoms with van der Waals surface area (Å²) in [5.41, 5.74) is 10.5. The summed E-state index contributed by atoms with van der Waals surface area (Å²) in [4.78, 5) is 0. The van der Waals surface area contributed by atoms with E-state index in [0.29, 0.717) is 5.56 Å². The van der Waals surface area contributed by atoms with E-state index in [1.54, 1.807) is 0 Å². The third-order valence-corrected chi connectivity index (χ3v) is 4.00. The molecule has 0 fully saturated rings. The van der Waals surface area contributed by atoms with Crippen LogP contribution in [-0.2, 0) is 0 Å². The molecule has 116 valence electrons. The van der Waals surface area contributed by atoms with Crippen molar-refractivity contribution in [1.82, 2.24) is 0 Å². The molecule has 3 aromatic rings. The average Bonchev–Trinajstić information content (AvgIpc) is 2.53. The van der Waals surface area contributed by atoms with Gasteiger partial charge in [-0.2, -0.15) is 0 Å². The summed E-state index contributed by atoms with van der Waals surface area (Å²) in [7, 11) is 0. The monoisotopic (exact) mass is 309 g/mol. The van der Waals surface area contributed by atoms with E-state index in [2.05, 4.69) is 24.3 Å². The number of hydrogen-bond donors (Lipinski definition) is 1. The van der Waals surface area contributed by atoms with Crippen molar-refractivity contribution in [2.75, 3.05) is 5.73 Å². The van der Waals surface area contributed by atoms with Crippen molar-refractivity contribution in [2.45, 2.75) is 13.8 Å². The van der Waals surface area contributed by atoms with Crippen molar-refractivity contribution in [3.63, 3.8) is 0 Å². The summed E-state index contributed by atoms with van der Waals surface area (Å²) in [5, 5.41) is 0. The quantitative estimate of drug-likeness (QED) is 0.622. The molecule has 0 atom stereocenters. The number of nitrogens with two attached hydrogens (primary N) is 1. The van der Waals surface area contributed by atoms with Gasteiger partial charge in [0, 0.05) is 0 Å². The first-order valence-electron chi connectivity index (χ1n) is 7.38. The maximum atomic E-state index is 13.7. The maximum Gasteiger partial charge on any atom is 0.149 e. The molecule has 23 heavy (non-hydrogen) atoms. The highest BCUT2D eigenvalue weighted by Crippen LogP contribution is 2.31. The van der Waals surface area contributed by atoms with Crippen LogP contribution in [0.1, 0.15) is 11.1 Å². The summed E-state index contributed by atoms with van der Waals surface area (Å²) < 4.78 is 27.3. The topological polar surface area (TPSA) is 26.0 Å². The molecule has 0 aliphatic carbocycles. The number of rotatable bonds is 2. The Kier molecular flexibility index (Phi) is 3.87. The normalized spacial score (nSPS) is 10.8. The number of nitrogen functional groups attached to an aromatic ring is 1. The Labute approximate surface area is 134 Å². The predicted octanol–water partition coefficient (Wildman–Crippen LogP) is 5.50. The van der Waals surface area contributed by atoms with Gasteiger partial charge in [-0.1, -0.05) is 48.0 Å². The Bertz CT molecular complexity index is 844. The molecule has 3 heteroatoms. The first-order valence-corrected chi connectivity index (χ1v) is 7.38. The molecule has 0 aliphatic rings. The highest BCUT2D eigenvalue weighted by atomic mass is 19.1. The average molecular weight is 309 g/mol. The lowest BCUT2D eigenvalue weighted by Gasteiger charge is -2.11. The van der Waals surface area contributed by atoms with Crippen LogP contribution < -0.4 is 5.73 Å². The van der Waals surface area contributed by atoms with Crippen molar-refractivity contribution >= 4 is 5.69 Å². The smallest absolute Gasteiger partial charge is 0.149 e. The minimum Gasteiger partial charge on any atom is -0.394 e. The van der Waals surface area contributed by atoms with Gasteiger partial charge in [0.25, 0.3) is 0 Å². The van der Waals surface area contributed by atoms with E-state index in [1.165, 1.54) is 17.7 Å². The fourth-order valence-electron chi connectivity index (χ4n) is 2.65. The first kappa shape index (κ1) is 15.2. The Hall–Kier alpha value is -2.68. The zero-order valence-electron chi connectivity index (χ0n) is 13.0. The van der Waals surface area contributed by atoms with E-state index in [0.717, 1.165) is 22.3 Å². The second-order valence-corrected chi connectivity index (χ2v) is 5.75. The van der Waals surface area contributed by atoms with Gasteiger partial charge in [-0.3, -0.25) is 0 Å². The van der Waals surface area contributed by atoms with Crippen LogP contribution in [0, 0.1) is 25.5 Å². The standard InChI is InChI=1S/C20H17F2N/c1-12-3-5-14(6-4-12)15-7-8-17(13(2)9-15)16-10-18(21)20(23)19(22)11-16/h3-11H,23H2,1-2H3. The summed E-state index contributed by atoms with van der Waals surface area (Å²) in [6.07, 6.45) is 0. The van der Waals surface area contributed by atoms with Gasteiger partial charge in [0.15, 0.2) is 0 Å². The van der Waals surface area contributed by atoms with E-state index in [1.807, 2.05) is 32.0 Å². The Morgan fingerprint density at radius 3 is 1.83 bits per heavy atom. The van der Waals surface area contributed by atoms with Crippen molar-refractivity contribution < 1.29 is 8.78 Å². The Balaban J connectivity index is 2.04. The van der Waals surface area contributed by atoms with Crippen LogP contribution in [-0.4, -0.2) is 0 Å². The molecule has 2 N–H and O–H groups in total. The van der Waals surface area contributed by atoms with E-state index in [-0.39, 0.29) is 0 Å². The lowest BCUT2D eigenvalue weighted by molar-refractivity contribution is 0.592. The van der Waals surface area contributed by atoms with Gasteiger partial charge in [-0.15, -0.1) is 0 Å². The largest absolute Gasteiger partial charge is 0.394 e. The predicted molar refractivity (Wildman–Crippen MR) is 91.1 cm³/mol. The van der Waals surface area contributed by atoms with Crippen LogP contribution in [0.5, 0.6) is 0 Å². The number of hydrogen-bond acceptors (Lipinski definition) is 1. The van der Waals surface area contributed by atoms with E-state index < -0.39 is 17.3 Å². The molecular weight excluding hydrogens is 292 g/mol. The van der Waals surface area contributed by atoms with Gasteiger partial charge in [0.1, 0.15) is 17.3 Å². The molecule has 0 aliphatic heterocycles. The molecule has 0 saturated heterocycles. The van der Waals surface area contributed by atoms with Crippen molar-refractivity contribution in [2.24, 2.45) is 0 Å². The van der Waals surface area contributed by atoms with E-state index >= 15 is 0 Å². The van der Waals surface area contributed by atoms with Crippen LogP contribution >= 0.6 is 0 Å². The molecule has 3 rings (SSSR count). The number of halogens is 2. The summed E-state index contributed by atoms with van der Waals surface area (Å²) >= 11 is 0. The number of benzene rings is 3.